The Morgan fingerprint density at radius 3 is 1.12 bits per heavy atom. The minimum absolute atomic E-state index is 0.0691. The van der Waals surface area contributed by atoms with Gasteiger partial charge in [0.1, 0.15) is 0 Å². The van der Waals surface area contributed by atoms with E-state index in [2.05, 4.69) is 297 Å². The summed E-state index contributed by atoms with van der Waals surface area (Å²) in [5.74, 6) is 0. The SMILES string of the molecule is CC(C)(C)c1cc2c3c(c1)N(c1ccc(-c4ccccc4)cc1)c1cc(-c4c5ccccc5c(-c5ccccc5)c5ccccc45)ccc1B3c1cc(-c3ccccc3)ccc1N2c1ccc(-c2ccccc2)cc1. The smallest absolute Gasteiger partial charge is 0.252 e. The van der Waals surface area contributed by atoms with Crippen LogP contribution in [0.2, 0.25) is 0 Å². The van der Waals surface area contributed by atoms with Crippen LogP contribution in [0, 0.1) is 0 Å². The highest BCUT2D eigenvalue weighted by molar-refractivity contribution is 7.00. The van der Waals surface area contributed by atoms with Gasteiger partial charge < -0.3 is 9.80 Å². The monoisotopic (exact) mass is 956 g/mol. The number of rotatable bonds is 7. The van der Waals surface area contributed by atoms with Crippen LogP contribution in [0.5, 0.6) is 0 Å². The molecule has 0 unspecified atom stereocenters. The van der Waals surface area contributed by atoms with E-state index >= 15 is 0 Å². The van der Waals surface area contributed by atoms with E-state index in [9.17, 15) is 0 Å². The first-order valence-corrected chi connectivity index (χ1v) is 26.3. The molecule has 12 aromatic carbocycles. The number of hydrogen-bond acceptors (Lipinski definition) is 2. The van der Waals surface area contributed by atoms with Crippen LogP contribution in [-0.4, -0.2) is 6.71 Å². The van der Waals surface area contributed by atoms with E-state index in [1.807, 2.05) is 0 Å². The van der Waals surface area contributed by atoms with Crippen molar-refractivity contribution >= 4 is 78.8 Å². The second-order valence-electron chi connectivity index (χ2n) is 21.2. The van der Waals surface area contributed by atoms with E-state index in [4.69, 9.17) is 0 Å². The molecule has 14 rings (SSSR count). The molecule has 3 heteroatoms. The van der Waals surface area contributed by atoms with Gasteiger partial charge in [0.2, 0.25) is 0 Å². The molecule has 0 spiro atoms. The molecule has 354 valence electrons. The van der Waals surface area contributed by atoms with Crippen LogP contribution in [-0.2, 0) is 5.41 Å². The van der Waals surface area contributed by atoms with Crippen molar-refractivity contribution in [2.75, 3.05) is 9.80 Å². The lowest BCUT2D eigenvalue weighted by Crippen LogP contribution is -2.61. The van der Waals surface area contributed by atoms with Crippen molar-refractivity contribution in [3.8, 4) is 55.6 Å². The van der Waals surface area contributed by atoms with Gasteiger partial charge in [-0.2, -0.15) is 0 Å². The Morgan fingerprint density at radius 1 is 0.280 bits per heavy atom. The maximum atomic E-state index is 2.59. The van der Waals surface area contributed by atoms with Crippen molar-refractivity contribution in [3.05, 3.63) is 272 Å². The lowest BCUT2D eigenvalue weighted by atomic mass is 9.33. The molecule has 75 heavy (non-hydrogen) atoms. The molecule has 0 aromatic heterocycles. The Hall–Kier alpha value is -9.18. The normalized spacial score (nSPS) is 12.7. The molecule has 12 aromatic rings. The van der Waals surface area contributed by atoms with Crippen LogP contribution < -0.4 is 26.2 Å². The van der Waals surface area contributed by atoms with Crippen molar-refractivity contribution in [1.29, 1.82) is 0 Å². The van der Waals surface area contributed by atoms with Gasteiger partial charge in [-0.05, 0) is 153 Å². The maximum absolute atomic E-state index is 2.59. The van der Waals surface area contributed by atoms with Crippen LogP contribution in [0.25, 0.3) is 77.2 Å². The van der Waals surface area contributed by atoms with Gasteiger partial charge in [-0.25, -0.2) is 0 Å². The zero-order valence-corrected chi connectivity index (χ0v) is 42.4. The fraction of sp³-hybridized carbons (Fsp3) is 0.0556. The van der Waals surface area contributed by atoms with Crippen molar-refractivity contribution in [2.24, 2.45) is 0 Å². The number of nitrogens with zero attached hydrogens (tertiary/aromatic N) is 2. The summed E-state index contributed by atoms with van der Waals surface area (Å²) < 4.78 is 0. The summed E-state index contributed by atoms with van der Waals surface area (Å²) in [4.78, 5) is 5.13. The van der Waals surface area contributed by atoms with Crippen LogP contribution in [0.3, 0.4) is 0 Å². The first-order chi connectivity index (χ1) is 36.9. The van der Waals surface area contributed by atoms with E-state index in [0.717, 1.165) is 11.4 Å². The summed E-state index contributed by atoms with van der Waals surface area (Å²) in [6, 6.07) is 99.3. The highest BCUT2D eigenvalue weighted by Gasteiger charge is 2.44. The Morgan fingerprint density at radius 2 is 0.653 bits per heavy atom. The van der Waals surface area contributed by atoms with E-state index < -0.39 is 0 Å². The van der Waals surface area contributed by atoms with E-state index in [-0.39, 0.29) is 12.1 Å². The molecule has 0 saturated carbocycles. The summed E-state index contributed by atoms with van der Waals surface area (Å²) in [5.41, 5.74) is 24.2. The predicted octanol–water partition coefficient (Wildman–Crippen LogP) is 17.7. The second kappa shape index (κ2) is 17.8. The lowest BCUT2D eigenvalue weighted by molar-refractivity contribution is 0.590. The third-order valence-electron chi connectivity index (χ3n) is 15.8. The van der Waals surface area contributed by atoms with E-state index in [0.29, 0.717) is 0 Å². The average molecular weight is 957 g/mol. The molecule has 0 N–H and O–H groups in total. The molecule has 0 bridgehead atoms. The Kier molecular flexibility index (Phi) is 10.6. The van der Waals surface area contributed by atoms with Crippen molar-refractivity contribution in [2.45, 2.75) is 26.2 Å². The second-order valence-corrected chi connectivity index (χ2v) is 21.2. The van der Waals surface area contributed by atoms with Gasteiger partial charge in [-0.15, -0.1) is 0 Å². The molecule has 2 heterocycles. The molecule has 0 amide bonds. The topological polar surface area (TPSA) is 6.48 Å². The first kappa shape index (κ1) is 44.5. The first-order valence-electron chi connectivity index (χ1n) is 26.3. The molecular weight excluding hydrogens is 904 g/mol. The highest BCUT2D eigenvalue weighted by atomic mass is 15.2. The van der Waals surface area contributed by atoms with Crippen molar-refractivity contribution < 1.29 is 0 Å². The lowest BCUT2D eigenvalue weighted by Gasteiger charge is -2.45. The molecule has 2 aliphatic rings. The van der Waals surface area contributed by atoms with Gasteiger partial charge in [0.25, 0.3) is 6.71 Å². The molecule has 0 fully saturated rings. The van der Waals surface area contributed by atoms with Gasteiger partial charge in [-0.1, -0.05) is 239 Å². The molecule has 0 aliphatic carbocycles. The zero-order chi connectivity index (χ0) is 50.2. The summed E-state index contributed by atoms with van der Waals surface area (Å²) in [7, 11) is 0. The number of hydrogen-bond donors (Lipinski definition) is 0. The third kappa shape index (κ3) is 7.49. The minimum atomic E-state index is -0.162. The summed E-state index contributed by atoms with van der Waals surface area (Å²) >= 11 is 0. The highest BCUT2D eigenvalue weighted by Crippen LogP contribution is 2.49. The summed E-state index contributed by atoms with van der Waals surface area (Å²) in [6.07, 6.45) is 0. The van der Waals surface area contributed by atoms with Crippen LogP contribution in [0.15, 0.2) is 267 Å². The maximum Gasteiger partial charge on any atom is 0.252 e. The molecule has 0 atom stereocenters. The third-order valence-corrected chi connectivity index (χ3v) is 15.8. The van der Waals surface area contributed by atoms with Gasteiger partial charge in [0.15, 0.2) is 0 Å². The number of anilines is 6. The number of benzene rings is 12. The summed E-state index contributed by atoms with van der Waals surface area (Å²) in [6.45, 7) is 6.98. The Balaban J connectivity index is 1.06. The van der Waals surface area contributed by atoms with E-state index in [1.54, 1.807) is 0 Å². The summed E-state index contributed by atoms with van der Waals surface area (Å²) in [5, 5.41) is 4.98. The fourth-order valence-corrected chi connectivity index (χ4v) is 12.2. The van der Waals surface area contributed by atoms with Gasteiger partial charge in [0.05, 0.1) is 0 Å². The zero-order valence-electron chi connectivity index (χ0n) is 42.4. The minimum Gasteiger partial charge on any atom is -0.311 e. The number of fused-ring (bicyclic) bond motifs is 6. The largest absolute Gasteiger partial charge is 0.311 e. The predicted molar refractivity (Wildman–Crippen MR) is 321 cm³/mol. The van der Waals surface area contributed by atoms with Crippen molar-refractivity contribution in [3.63, 3.8) is 0 Å². The Bertz CT molecular complexity index is 4070. The molecular formula is C72H53BN2. The molecule has 0 radical (unpaired) electrons. The van der Waals surface area contributed by atoms with Crippen LogP contribution >= 0.6 is 0 Å². The Labute approximate surface area is 440 Å². The fourth-order valence-electron chi connectivity index (χ4n) is 12.2. The van der Waals surface area contributed by atoms with Crippen LogP contribution in [0.1, 0.15) is 26.3 Å². The van der Waals surface area contributed by atoms with Crippen molar-refractivity contribution in [1.82, 2.24) is 0 Å². The molecule has 0 saturated heterocycles. The van der Waals surface area contributed by atoms with Gasteiger partial charge in [-0.3, -0.25) is 0 Å². The molecule has 2 nitrogen and oxygen atoms in total. The molecule has 2 aliphatic heterocycles. The van der Waals surface area contributed by atoms with Gasteiger partial charge >= 0.3 is 0 Å². The van der Waals surface area contributed by atoms with E-state index in [1.165, 1.54) is 122 Å². The average Bonchev–Trinajstić information content (AvgIpc) is 3.47. The standard InChI is InChI=1S/C72H53BN2/c1-72(2,3)56-46-67-71-68(47-56)75(58-40-34-52(35-41-58)49-22-10-5-11-23-49)66-45-55(70-61-30-18-16-28-59(61)69(53-26-14-7-15-27-53)60-29-17-19-31-62(60)70)36-42-63(66)73(71)64-44-54(50-24-12-6-13-25-50)37-43-65(64)74(67)57-38-32-51(33-39-57)48-20-8-4-9-21-48/h4-47H,1-3H3. The quantitative estimate of drug-likeness (QED) is 0.116. The van der Waals surface area contributed by atoms with Crippen LogP contribution in [0.4, 0.5) is 34.1 Å². The van der Waals surface area contributed by atoms with Gasteiger partial charge in [0, 0.05) is 34.1 Å².